The highest BCUT2D eigenvalue weighted by Gasteiger charge is 2.06. The Morgan fingerprint density at radius 2 is 2.00 bits per heavy atom. The first kappa shape index (κ1) is 9.58. The summed E-state index contributed by atoms with van der Waals surface area (Å²) >= 11 is 0. The standard InChI is InChI=1S/C11H9FN2O/c1-7(15)10-6-11(14-13-10)8-2-4-9(12)5-3-8/h2-6H,1H3,(H,13,14). The van der Waals surface area contributed by atoms with E-state index in [1.165, 1.54) is 19.1 Å². The van der Waals surface area contributed by atoms with Gasteiger partial charge in [0, 0.05) is 12.5 Å². The first-order chi connectivity index (χ1) is 7.16. The minimum Gasteiger partial charge on any atom is -0.293 e. The topological polar surface area (TPSA) is 45.8 Å². The number of hydrogen-bond donors (Lipinski definition) is 1. The van der Waals surface area contributed by atoms with Crippen LogP contribution in [0.5, 0.6) is 0 Å². The SMILES string of the molecule is CC(=O)c1cc(-c2ccc(F)cc2)n[nH]1. The van der Waals surface area contributed by atoms with Crippen LogP contribution in [0.2, 0.25) is 0 Å². The van der Waals surface area contributed by atoms with Crippen molar-refractivity contribution in [2.24, 2.45) is 0 Å². The van der Waals surface area contributed by atoms with E-state index in [4.69, 9.17) is 0 Å². The van der Waals surface area contributed by atoms with Crippen LogP contribution in [0.4, 0.5) is 4.39 Å². The van der Waals surface area contributed by atoms with Crippen molar-refractivity contribution in [1.82, 2.24) is 10.2 Å². The number of Topliss-reactive ketones (excluding diaryl/α,β-unsaturated/α-hetero) is 1. The maximum atomic E-state index is 12.7. The van der Waals surface area contributed by atoms with Crippen LogP contribution in [0.15, 0.2) is 30.3 Å². The number of ketones is 1. The predicted molar refractivity (Wildman–Crippen MR) is 54.0 cm³/mol. The Labute approximate surface area is 85.9 Å². The molecule has 0 unspecified atom stereocenters. The highest BCUT2D eigenvalue weighted by molar-refractivity contribution is 5.93. The van der Waals surface area contributed by atoms with Gasteiger partial charge in [-0.1, -0.05) is 0 Å². The molecule has 0 aliphatic carbocycles. The number of carbonyl (C=O) groups excluding carboxylic acids is 1. The average molecular weight is 204 g/mol. The molecule has 1 N–H and O–H groups in total. The number of rotatable bonds is 2. The third-order valence-corrected chi connectivity index (χ3v) is 2.10. The molecule has 1 aromatic carbocycles. The molecule has 0 aliphatic rings. The zero-order valence-corrected chi connectivity index (χ0v) is 8.12. The van der Waals surface area contributed by atoms with E-state index in [9.17, 15) is 9.18 Å². The Morgan fingerprint density at radius 3 is 2.53 bits per heavy atom. The number of halogens is 1. The minimum atomic E-state index is -0.291. The Hall–Kier alpha value is -1.97. The Kier molecular flexibility index (Phi) is 2.33. The smallest absolute Gasteiger partial charge is 0.177 e. The van der Waals surface area contributed by atoms with E-state index in [1.807, 2.05) is 0 Å². The van der Waals surface area contributed by atoms with Gasteiger partial charge in [0.25, 0.3) is 0 Å². The van der Waals surface area contributed by atoms with Crippen molar-refractivity contribution in [3.05, 3.63) is 41.8 Å². The number of aromatic nitrogens is 2. The quantitative estimate of drug-likeness (QED) is 0.763. The summed E-state index contributed by atoms with van der Waals surface area (Å²) in [5, 5.41) is 6.59. The molecule has 0 fully saturated rings. The lowest BCUT2D eigenvalue weighted by atomic mass is 10.1. The summed E-state index contributed by atoms with van der Waals surface area (Å²) in [6, 6.07) is 7.61. The highest BCUT2D eigenvalue weighted by atomic mass is 19.1. The molecule has 4 heteroatoms. The maximum Gasteiger partial charge on any atom is 0.177 e. The molecule has 0 radical (unpaired) electrons. The molecule has 3 nitrogen and oxygen atoms in total. The fourth-order valence-corrected chi connectivity index (χ4v) is 1.27. The predicted octanol–water partition coefficient (Wildman–Crippen LogP) is 2.42. The lowest BCUT2D eigenvalue weighted by Crippen LogP contribution is -1.90. The van der Waals surface area contributed by atoms with Crippen molar-refractivity contribution < 1.29 is 9.18 Å². The third kappa shape index (κ3) is 1.93. The van der Waals surface area contributed by atoms with E-state index in [0.29, 0.717) is 11.4 Å². The van der Waals surface area contributed by atoms with Crippen LogP contribution in [0.3, 0.4) is 0 Å². The average Bonchev–Trinajstić information content (AvgIpc) is 2.68. The van der Waals surface area contributed by atoms with E-state index >= 15 is 0 Å². The van der Waals surface area contributed by atoms with E-state index in [-0.39, 0.29) is 11.6 Å². The van der Waals surface area contributed by atoms with E-state index in [0.717, 1.165) is 5.56 Å². The van der Waals surface area contributed by atoms with Gasteiger partial charge in [-0.2, -0.15) is 5.10 Å². The maximum absolute atomic E-state index is 12.7. The van der Waals surface area contributed by atoms with Crippen molar-refractivity contribution in [2.75, 3.05) is 0 Å². The summed E-state index contributed by atoms with van der Waals surface area (Å²) in [5.74, 6) is -0.364. The van der Waals surface area contributed by atoms with Gasteiger partial charge in [-0.3, -0.25) is 9.89 Å². The van der Waals surface area contributed by atoms with Crippen molar-refractivity contribution in [3.63, 3.8) is 0 Å². The van der Waals surface area contributed by atoms with Gasteiger partial charge in [-0.05, 0) is 30.3 Å². The summed E-state index contributed by atoms with van der Waals surface area (Å²) in [7, 11) is 0. The number of hydrogen-bond acceptors (Lipinski definition) is 2. The first-order valence-corrected chi connectivity index (χ1v) is 4.49. The second-order valence-electron chi connectivity index (χ2n) is 3.23. The van der Waals surface area contributed by atoms with Gasteiger partial charge in [0.05, 0.1) is 5.69 Å². The second-order valence-corrected chi connectivity index (χ2v) is 3.23. The van der Waals surface area contributed by atoms with Gasteiger partial charge in [-0.25, -0.2) is 4.39 Å². The molecule has 0 saturated carbocycles. The monoisotopic (exact) mass is 204 g/mol. The van der Waals surface area contributed by atoms with Crippen LogP contribution in [-0.4, -0.2) is 16.0 Å². The Bertz CT molecular complexity index is 488. The molecule has 0 bridgehead atoms. The lowest BCUT2D eigenvalue weighted by molar-refractivity contribution is 0.101. The van der Waals surface area contributed by atoms with E-state index in [2.05, 4.69) is 10.2 Å². The largest absolute Gasteiger partial charge is 0.293 e. The van der Waals surface area contributed by atoms with Crippen LogP contribution in [0.25, 0.3) is 11.3 Å². The Morgan fingerprint density at radius 1 is 1.33 bits per heavy atom. The van der Waals surface area contributed by atoms with Gasteiger partial charge in [0.15, 0.2) is 5.78 Å². The molecule has 0 atom stereocenters. The van der Waals surface area contributed by atoms with Crippen LogP contribution in [0, 0.1) is 5.82 Å². The molecule has 76 valence electrons. The van der Waals surface area contributed by atoms with Gasteiger partial charge in [0.1, 0.15) is 11.5 Å². The first-order valence-electron chi connectivity index (χ1n) is 4.49. The molecule has 1 aromatic heterocycles. The van der Waals surface area contributed by atoms with Crippen LogP contribution >= 0.6 is 0 Å². The van der Waals surface area contributed by atoms with Gasteiger partial charge in [0.2, 0.25) is 0 Å². The van der Waals surface area contributed by atoms with Crippen LogP contribution in [-0.2, 0) is 0 Å². The number of benzene rings is 1. The fourth-order valence-electron chi connectivity index (χ4n) is 1.27. The summed E-state index contributed by atoms with van der Waals surface area (Å²) in [6.07, 6.45) is 0. The molecular formula is C11H9FN2O. The third-order valence-electron chi connectivity index (χ3n) is 2.10. The molecular weight excluding hydrogens is 195 g/mol. The summed E-state index contributed by atoms with van der Waals surface area (Å²) in [6.45, 7) is 1.46. The number of nitrogens with one attached hydrogen (secondary N) is 1. The molecule has 0 saturated heterocycles. The molecule has 0 spiro atoms. The highest BCUT2D eigenvalue weighted by Crippen LogP contribution is 2.17. The summed E-state index contributed by atoms with van der Waals surface area (Å²) in [5.41, 5.74) is 1.87. The summed E-state index contributed by atoms with van der Waals surface area (Å²) < 4.78 is 12.7. The van der Waals surface area contributed by atoms with Crippen molar-refractivity contribution in [1.29, 1.82) is 0 Å². The summed E-state index contributed by atoms with van der Waals surface area (Å²) in [4.78, 5) is 11.0. The lowest BCUT2D eigenvalue weighted by Gasteiger charge is -1.94. The van der Waals surface area contributed by atoms with Gasteiger partial charge < -0.3 is 0 Å². The molecule has 2 rings (SSSR count). The van der Waals surface area contributed by atoms with Crippen molar-refractivity contribution in [3.8, 4) is 11.3 Å². The number of H-pyrrole nitrogens is 1. The van der Waals surface area contributed by atoms with Gasteiger partial charge in [-0.15, -0.1) is 0 Å². The number of carbonyl (C=O) groups is 1. The van der Waals surface area contributed by atoms with Gasteiger partial charge >= 0.3 is 0 Å². The van der Waals surface area contributed by atoms with Crippen molar-refractivity contribution in [2.45, 2.75) is 6.92 Å². The fraction of sp³-hybridized carbons (Fsp3) is 0.0909. The number of aromatic amines is 1. The Balaban J connectivity index is 2.37. The molecule has 2 aromatic rings. The minimum absolute atomic E-state index is 0.0733. The zero-order chi connectivity index (χ0) is 10.8. The van der Waals surface area contributed by atoms with Crippen LogP contribution < -0.4 is 0 Å². The zero-order valence-electron chi connectivity index (χ0n) is 8.12. The van der Waals surface area contributed by atoms with E-state index < -0.39 is 0 Å². The molecule has 0 aliphatic heterocycles. The second kappa shape index (κ2) is 3.65. The molecule has 15 heavy (non-hydrogen) atoms. The molecule has 1 heterocycles. The number of nitrogens with zero attached hydrogens (tertiary/aromatic N) is 1. The van der Waals surface area contributed by atoms with E-state index in [1.54, 1.807) is 18.2 Å². The van der Waals surface area contributed by atoms with Crippen LogP contribution in [0.1, 0.15) is 17.4 Å². The molecule has 0 amide bonds. The normalized spacial score (nSPS) is 10.3. The van der Waals surface area contributed by atoms with Crippen molar-refractivity contribution >= 4 is 5.78 Å².